The molecule has 3 saturated heterocycles. The molecule has 1 unspecified atom stereocenters. The fraction of sp³-hybridized carbons (Fsp3) is 0.400. The molecule has 4 amide bonds. The quantitative estimate of drug-likeness (QED) is 0.156. The molecule has 0 saturated carbocycles. The van der Waals surface area contributed by atoms with Crippen molar-refractivity contribution in [3.63, 3.8) is 0 Å². The van der Waals surface area contributed by atoms with Crippen molar-refractivity contribution in [1.82, 2.24) is 15.1 Å². The van der Waals surface area contributed by atoms with E-state index in [0.29, 0.717) is 61.9 Å². The summed E-state index contributed by atoms with van der Waals surface area (Å²) in [5, 5.41) is 17.7. The molecule has 0 spiro atoms. The van der Waals surface area contributed by atoms with E-state index in [4.69, 9.17) is 28.6 Å². The Morgan fingerprint density at radius 3 is 2.40 bits per heavy atom. The number of nitrogens with one attached hydrogen (secondary N) is 3. The van der Waals surface area contributed by atoms with Crippen LogP contribution in [0.4, 0.5) is 35.9 Å². The minimum absolute atomic E-state index is 0.0116. The summed E-state index contributed by atoms with van der Waals surface area (Å²) in [6, 6.07) is 14.6. The van der Waals surface area contributed by atoms with Crippen molar-refractivity contribution in [1.29, 1.82) is 5.26 Å². The molecule has 3 aliphatic rings. The number of anilines is 4. The van der Waals surface area contributed by atoms with E-state index in [0.717, 1.165) is 35.7 Å². The highest BCUT2D eigenvalue weighted by Crippen LogP contribution is 2.41. The molecule has 3 aliphatic heterocycles. The van der Waals surface area contributed by atoms with E-state index in [1.807, 2.05) is 17.9 Å². The third kappa shape index (κ3) is 9.05. The number of nitrogens with zero attached hydrogens (tertiary/aromatic N) is 5. The number of nitriles is 1. The number of carbonyl (C=O) groups is 4. The lowest BCUT2D eigenvalue weighted by Gasteiger charge is -2.34. The van der Waals surface area contributed by atoms with E-state index in [1.54, 1.807) is 55.1 Å². The van der Waals surface area contributed by atoms with Gasteiger partial charge in [-0.3, -0.25) is 39.2 Å². The lowest BCUT2D eigenvalue weighted by molar-refractivity contribution is -0.138. The Kier molecular flexibility index (Phi) is 12.6. The Balaban J connectivity index is 1.00. The van der Waals surface area contributed by atoms with Gasteiger partial charge in [-0.25, -0.2) is 0 Å². The van der Waals surface area contributed by atoms with Crippen LogP contribution >= 0.6 is 23.8 Å². The minimum Gasteiger partial charge on any atom is -0.492 e. The number of amides is 4. The van der Waals surface area contributed by atoms with Crippen LogP contribution in [0.25, 0.3) is 0 Å². The predicted molar refractivity (Wildman–Crippen MR) is 217 cm³/mol. The fourth-order valence-corrected chi connectivity index (χ4v) is 7.94. The van der Waals surface area contributed by atoms with Crippen molar-refractivity contribution in [3.05, 3.63) is 76.3 Å². The Morgan fingerprint density at radius 1 is 1.03 bits per heavy atom. The van der Waals surface area contributed by atoms with Gasteiger partial charge in [-0.05, 0) is 93.0 Å². The van der Waals surface area contributed by atoms with E-state index < -0.39 is 40.7 Å². The highest BCUT2D eigenvalue weighted by atomic mass is 35.5. The first kappa shape index (κ1) is 42.3. The number of ether oxygens (including phenoxy) is 1. The molecule has 1 atom stereocenters. The van der Waals surface area contributed by atoms with E-state index in [2.05, 4.69) is 20.9 Å². The summed E-state index contributed by atoms with van der Waals surface area (Å²) in [5.74, 6) is -0.819. The number of halogens is 4. The van der Waals surface area contributed by atoms with Gasteiger partial charge in [0, 0.05) is 44.8 Å². The van der Waals surface area contributed by atoms with Crippen molar-refractivity contribution in [2.45, 2.75) is 57.8 Å². The standard InChI is InChI=1S/C40H42ClF3N8O5S/c1-4-24-20-27(52-38(58)51(37(56)39(52,2)3)26-9-8-25(22-45)28(21-26)40(42,43)44)10-12-32(24)57-19-18-49-14-16-50(17-15-49)23-34(54)47-30-7-5-6-29(35(30)41)46-31-11-13-33(53)48-36(31)55/h5-10,12,20-21,31,46H,4,11,13-19,23H2,1-3H3,(H,47,54)(H,48,53,55). The Morgan fingerprint density at radius 2 is 1.72 bits per heavy atom. The second kappa shape index (κ2) is 17.3. The summed E-state index contributed by atoms with van der Waals surface area (Å²) in [5.41, 5.74) is -0.680. The van der Waals surface area contributed by atoms with Crippen LogP contribution in [0.3, 0.4) is 0 Å². The van der Waals surface area contributed by atoms with Crippen LogP contribution in [0.5, 0.6) is 5.75 Å². The highest BCUT2D eigenvalue weighted by molar-refractivity contribution is 7.81. The average Bonchev–Trinajstić information content (AvgIpc) is 3.36. The lowest BCUT2D eigenvalue weighted by Crippen LogP contribution is -2.49. The highest BCUT2D eigenvalue weighted by Gasteiger charge is 2.51. The molecule has 58 heavy (non-hydrogen) atoms. The molecular weight excluding hydrogens is 797 g/mol. The lowest BCUT2D eigenvalue weighted by atomic mass is 10.0. The summed E-state index contributed by atoms with van der Waals surface area (Å²) in [7, 11) is 0. The number of rotatable bonds is 12. The largest absolute Gasteiger partial charge is 0.492 e. The van der Waals surface area contributed by atoms with E-state index in [9.17, 15) is 37.6 Å². The average molecular weight is 839 g/mol. The molecule has 3 aromatic rings. The third-order valence-corrected chi connectivity index (χ3v) is 11.1. The SMILES string of the molecule is CCc1cc(N2C(=S)N(c3ccc(C#N)c(C(F)(F)F)c3)C(=O)C2(C)C)ccc1OCCN1CCN(CC(=O)Nc2cccc(NC3CCC(=O)NC3=O)c2Cl)CC1. The maximum atomic E-state index is 13.8. The Hall–Kier alpha value is -5.28. The van der Waals surface area contributed by atoms with Crippen molar-refractivity contribution in [2.75, 3.05) is 66.3 Å². The van der Waals surface area contributed by atoms with Crippen molar-refractivity contribution < 1.29 is 37.1 Å². The molecule has 3 N–H and O–H groups in total. The van der Waals surface area contributed by atoms with E-state index in [-0.39, 0.29) is 40.6 Å². The van der Waals surface area contributed by atoms with Gasteiger partial charge in [-0.1, -0.05) is 24.6 Å². The number of carbonyl (C=O) groups excluding carboxylic acids is 4. The summed E-state index contributed by atoms with van der Waals surface area (Å²) in [6.07, 6.45) is -3.64. The van der Waals surface area contributed by atoms with Gasteiger partial charge in [0.1, 0.15) is 23.9 Å². The van der Waals surface area contributed by atoms with Crippen LogP contribution in [-0.4, -0.2) is 96.0 Å². The third-order valence-electron chi connectivity index (χ3n) is 10.4. The van der Waals surface area contributed by atoms with Crippen LogP contribution in [0, 0.1) is 11.3 Å². The van der Waals surface area contributed by atoms with Crippen LogP contribution in [0.1, 0.15) is 50.3 Å². The zero-order chi connectivity index (χ0) is 41.9. The van der Waals surface area contributed by atoms with Crippen LogP contribution in [0.2, 0.25) is 5.02 Å². The van der Waals surface area contributed by atoms with Crippen LogP contribution in [0.15, 0.2) is 54.6 Å². The number of aryl methyl sites for hydroxylation is 1. The summed E-state index contributed by atoms with van der Waals surface area (Å²) in [4.78, 5) is 57.3. The first-order valence-corrected chi connectivity index (χ1v) is 19.5. The van der Waals surface area contributed by atoms with Crippen LogP contribution < -0.4 is 30.5 Å². The first-order valence-electron chi connectivity index (χ1n) is 18.7. The molecule has 3 aromatic carbocycles. The number of alkyl halides is 3. The first-order chi connectivity index (χ1) is 27.5. The monoisotopic (exact) mass is 838 g/mol. The number of piperidine rings is 1. The number of piperazine rings is 1. The topological polar surface area (TPSA) is 150 Å². The molecule has 18 heteroatoms. The van der Waals surface area contributed by atoms with Gasteiger partial charge < -0.3 is 20.3 Å². The molecule has 3 heterocycles. The van der Waals surface area contributed by atoms with Gasteiger partial charge in [-0.15, -0.1) is 0 Å². The molecule has 0 radical (unpaired) electrons. The van der Waals surface area contributed by atoms with Gasteiger partial charge in [-0.2, -0.15) is 18.4 Å². The molecule has 306 valence electrons. The Labute approximate surface area is 344 Å². The zero-order valence-electron chi connectivity index (χ0n) is 32.0. The predicted octanol–water partition coefficient (Wildman–Crippen LogP) is 5.56. The Bertz CT molecular complexity index is 2170. The maximum absolute atomic E-state index is 13.8. The van der Waals surface area contributed by atoms with Crippen LogP contribution in [-0.2, 0) is 31.8 Å². The number of hydrogen-bond donors (Lipinski definition) is 3. The second-order valence-corrected chi connectivity index (χ2v) is 15.4. The fourth-order valence-electron chi connectivity index (χ4n) is 7.19. The van der Waals surface area contributed by atoms with Crippen molar-refractivity contribution in [3.8, 4) is 11.8 Å². The van der Waals surface area contributed by atoms with Gasteiger partial charge in [0.15, 0.2) is 5.11 Å². The second-order valence-electron chi connectivity index (χ2n) is 14.6. The zero-order valence-corrected chi connectivity index (χ0v) is 33.6. The molecule has 0 aliphatic carbocycles. The van der Waals surface area contributed by atoms with E-state index >= 15 is 0 Å². The molecule has 0 bridgehead atoms. The molecule has 6 rings (SSSR count). The summed E-state index contributed by atoms with van der Waals surface area (Å²) >= 11 is 12.3. The number of benzene rings is 3. The van der Waals surface area contributed by atoms with Gasteiger partial charge in [0.05, 0.1) is 45.8 Å². The molecule has 0 aromatic heterocycles. The van der Waals surface area contributed by atoms with Gasteiger partial charge in [0.2, 0.25) is 17.7 Å². The molecule has 13 nitrogen and oxygen atoms in total. The van der Waals surface area contributed by atoms with Gasteiger partial charge in [0.25, 0.3) is 5.91 Å². The van der Waals surface area contributed by atoms with Gasteiger partial charge >= 0.3 is 6.18 Å². The summed E-state index contributed by atoms with van der Waals surface area (Å²) < 4.78 is 47.5. The molecular formula is C40H42ClF3N8O5S. The molecule has 3 fully saturated rings. The smallest absolute Gasteiger partial charge is 0.417 e. The number of imide groups is 1. The number of hydrogen-bond acceptors (Lipinski definition) is 10. The number of thiocarbonyl (C=S) groups is 1. The van der Waals surface area contributed by atoms with Crippen molar-refractivity contribution >= 4 is 75.3 Å². The van der Waals surface area contributed by atoms with E-state index in [1.165, 1.54) is 6.07 Å². The summed E-state index contributed by atoms with van der Waals surface area (Å²) in [6.45, 7) is 9.24. The van der Waals surface area contributed by atoms with Crippen molar-refractivity contribution in [2.24, 2.45) is 0 Å². The normalized spacial score (nSPS) is 18.9. The minimum atomic E-state index is -4.80. The maximum Gasteiger partial charge on any atom is 0.417 e.